The zero-order chi connectivity index (χ0) is 15.6. The van der Waals surface area contributed by atoms with Crippen LogP contribution in [0.2, 0.25) is 0 Å². The molecule has 0 saturated carbocycles. The van der Waals surface area contributed by atoms with Crippen molar-refractivity contribution in [2.24, 2.45) is 5.10 Å². The summed E-state index contributed by atoms with van der Waals surface area (Å²) in [4.78, 5) is 0. The number of nitrogens with one attached hydrogen (secondary N) is 1. The summed E-state index contributed by atoms with van der Waals surface area (Å²) >= 11 is 0. The Morgan fingerprint density at radius 1 is 1.14 bits per heavy atom. The van der Waals surface area contributed by atoms with Crippen LogP contribution in [0.4, 0.5) is 0 Å². The third kappa shape index (κ3) is 4.66. The summed E-state index contributed by atoms with van der Waals surface area (Å²) in [6, 6.07) is 15.6. The zero-order valence-electron chi connectivity index (χ0n) is 12.7. The third-order valence-electron chi connectivity index (χ3n) is 3.01. The van der Waals surface area contributed by atoms with Gasteiger partial charge in [-0.2, -0.15) is 5.10 Å². The molecule has 4 heteroatoms. The summed E-state index contributed by atoms with van der Waals surface area (Å²) < 4.78 is 10.7. The molecule has 0 amide bonds. The molecule has 0 saturated heterocycles. The highest BCUT2D eigenvalue weighted by atomic mass is 16.5. The first-order valence-corrected chi connectivity index (χ1v) is 7.05. The lowest BCUT2D eigenvalue weighted by Gasteiger charge is -2.07. The number of hydrogen-bond donors (Lipinski definition) is 1. The topological polar surface area (TPSA) is 42.8 Å². The van der Waals surface area contributed by atoms with E-state index in [4.69, 9.17) is 9.47 Å². The Morgan fingerprint density at radius 3 is 2.64 bits per heavy atom. The van der Waals surface area contributed by atoms with Crippen molar-refractivity contribution in [2.45, 2.75) is 6.54 Å². The number of benzene rings is 2. The van der Waals surface area contributed by atoms with Gasteiger partial charge in [-0.3, -0.25) is 0 Å². The molecule has 2 aromatic carbocycles. The van der Waals surface area contributed by atoms with E-state index in [1.54, 1.807) is 19.4 Å². The molecule has 2 aromatic rings. The van der Waals surface area contributed by atoms with Crippen LogP contribution < -0.4 is 14.9 Å². The van der Waals surface area contributed by atoms with Gasteiger partial charge in [-0.15, -0.1) is 0 Å². The maximum absolute atomic E-state index is 5.43. The Morgan fingerprint density at radius 2 is 1.91 bits per heavy atom. The van der Waals surface area contributed by atoms with Crippen molar-refractivity contribution in [3.8, 4) is 11.5 Å². The van der Waals surface area contributed by atoms with E-state index in [0.29, 0.717) is 13.2 Å². The lowest BCUT2D eigenvalue weighted by molar-refractivity contribution is 0.363. The molecule has 2 rings (SSSR count). The number of para-hydroxylation sites is 1. The first-order valence-electron chi connectivity index (χ1n) is 7.05. The van der Waals surface area contributed by atoms with Gasteiger partial charge in [0.2, 0.25) is 0 Å². The molecule has 4 nitrogen and oxygen atoms in total. The quantitative estimate of drug-likeness (QED) is 0.461. The molecule has 0 aliphatic carbocycles. The molecule has 22 heavy (non-hydrogen) atoms. The molecule has 0 spiro atoms. The van der Waals surface area contributed by atoms with Gasteiger partial charge in [-0.05, 0) is 35.9 Å². The highest BCUT2D eigenvalue weighted by Crippen LogP contribution is 2.16. The molecule has 0 radical (unpaired) electrons. The molecule has 0 fully saturated rings. The molecule has 0 heterocycles. The summed E-state index contributed by atoms with van der Waals surface area (Å²) in [6.45, 7) is 4.74. The van der Waals surface area contributed by atoms with E-state index in [2.05, 4.69) is 17.1 Å². The van der Waals surface area contributed by atoms with Crippen LogP contribution in [0.1, 0.15) is 11.1 Å². The maximum atomic E-state index is 5.43. The minimum atomic E-state index is 0.508. The largest absolute Gasteiger partial charge is 0.496 e. The number of hydrazone groups is 1. The minimum Gasteiger partial charge on any atom is -0.496 e. The van der Waals surface area contributed by atoms with Crippen molar-refractivity contribution in [3.05, 3.63) is 72.3 Å². The summed E-state index contributed by atoms with van der Waals surface area (Å²) in [5.74, 6) is 1.67. The SMILES string of the molecule is C=CCOc1ccc(/C=N/NCc2ccccc2OC)cc1. The average Bonchev–Trinajstić information content (AvgIpc) is 2.58. The van der Waals surface area contributed by atoms with Crippen molar-refractivity contribution in [1.82, 2.24) is 5.43 Å². The molecule has 0 aliphatic heterocycles. The van der Waals surface area contributed by atoms with Crippen molar-refractivity contribution in [2.75, 3.05) is 13.7 Å². The fourth-order valence-corrected chi connectivity index (χ4v) is 1.91. The van der Waals surface area contributed by atoms with Gasteiger partial charge in [0.1, 0.15) is 18.1 Å². The van der Waals surface area contributed by atoms with E-state index in [1.807, 2.05) is 48.5 Å². The molecule has 0 bridgehead atoms. The number of ether oxygens (including phenoxy) is 2. The molecular formula is C18H20N2O2. The maximum Gasteiger partial charge on any atom is 0.123 e. The van der Waals surface area contributed by atoms with Crippen LogP contribution in [-0.4, -0.2) is 19.9 Å². The normalized spacial score (nSPS) is 10.4. The molecule has 0 aromatic heterocycles. The second-order valence-corrected chi connectivity index (χ2v) is 4.57. The van der Waals surface area contributed by atoms with Crippen LogP contribution in [0.5, 0.6) is 11.5 Å². The van der Waals surface area contributed by atoms with Gasteiger partial charge >= 0.3 is 0 Å². The van der Waals surface area contributed by atoms with Crippen LogP contribution >= 0.6 is 0 Å². The van der Waals surface area contributed by atoms with Crippen LogP contribution in [0, 0.1) is 0 Å². The Balaban J connectivity index is 1.86. The number of nitrogens with zero attached hydrogens (tertiary/aromatic N) is 1. The molecule has 114 valence electrons. The van der Waals surface area contributed by atoms with E-state index < -0.39 is 0 Å². The molecule has 0 unspecified atom stereocenters. The lowest BCUT2D eigenvalue weighted by Crippen LogP contribution is -2.06. The number of methoxy groups -OCH3 is 1. The smallest absolute Gasteiger partial charge is 0.123 e. The number of rotatable bonds is 8. The summed E-state index contributed by atoms with van der Waals surface area (Å²) in [6.07, 6.45) is 3.49. The third-order valence-corrected chi connectivity index (χ3v) is 3.01. The molecule has 1 N–H and O–H groups in total. The van der Waals surface area contributed by atoms with Gasteiger partial charge in [0, 0.05) is 5.56 Å². The van der Waals surface area contributed by atoms with Crippen molar-refractivity contribution >= 4 is 6.21 Å². The highest BCUT2D eigenvalue weighted by molar-refractivity contribution is 5.79. The first kappa shape index (κ1) is 15.6. The van der Waals surface area contributed by atoms with Gasteiger partial charge in [0.05, 0.1) is 19.9 Å². The van der Waals surface area contributed by atoms with Gasteiger partial charge in [0.15, 0.2) is 0 Å². The standard InChI is InChI=1S/C18H20N2O2/c1-3-12-22-17-10-8-15(9-11-17)13-19-20-14-16-6-4-5-7-18(16)21-2/h3-11,13,20H,1,12,14H2,2H3/b19-13+. The van der Waals surface area contributed by atoms with E-state index in [9.17, 15) is 0 Å². The Bertz CT molecular complexity index is 621. The Hall–Kier alpha value is -2.75. The predicted octanol–water partition coefficient (Wildman–Crippen LogP) is 3.38. The van der Waals surface area contributed by atoms with E-state index in [1.165, 1.54) is 0 Å². The van der Waals surface area contributed by atoms with Gasteiger partial charge in [-0.1, -0.05) is 30.9 Å². The fourth-order valence-electron chi connectivity index (χ4n) is 1.91. The lowest BCUT2D eigenvalue weighted by atomic mass is 10.2. The fraction of sp³-hybridized carbons (Fsp3) is 0.167. The van der Waals surface area contributed by atoms with Crippen molar-refractivity contribution in [1.29, 1.82) is 0 Å². The van der Waals surface area contributed by atoms with Gasteiger partial charge in [0.25, 0.3) is 0 Å². The summed E-state index contributed by atoms with van der Waals surface area (Å²) in [7, 11) is 1.66. The van der Waals surface area contributed by atoms with E-state index in [0.717, 1.165) is 22.6 Å². The minimum absolute atomic E-state index is 0.508. The highest BCUT2D eigenvalue weighted by Gasteiger charge is 1.99. The predicted molar refractivity (Wildman–Crippen MR) is 89.6 cm³/mol. The molecular weight excluding hydrogens is 276 g/mol. The Labute approximate surface area is 131 Å². The van der Waals surface area contributed by atoms with Gasteiger partial charge in [-0.25, -0.2) is 0 Å². The van der Waals surface area contributed by atoms with Crippen LogP contribution in [0.15, 0.2) is 66.3 Å². The van der Waals surface area contributed by atoms with E-state index in [-0.39, 0.29) is 0 Å². The monoisotopic (exact) mass is 296 g/mol. The zero-order valence-corrected chi connectivity index (χ0v) is 12.7. The average molecular weight is 296 g/mol. The second-order valence-electron chi connectivity index (χ2n) is 4.57. The summed E-state index contributed by atoms with van der Waals surface area (Å²) in [5.41, 5.74) is 5.08. The second kappa shape index (κ2) is 8.52. The Kier molecular flexibility index (Phi) is 6.05. The first-order chi connectivity index (χ1) is 10.8. The van der Waals surface area contributed by atoms with Crippen LogP contribution in [0.25, 0.3) is 0 Å². The summed E-state index contributed by atoms with van der Waals surface area (Å²) in [5, 5.41) is 4.22. The van der Waals surface area contributed by atoms with E-state index >= 15 is 0 Å². The molecule has 0 aliphatic rings. The van der Waals surface area contributed by atoms with Crippen LogP contribution in [0.3, 0.4) is 0 Å². The van der Waals surface area contributed by atoms with Crippen molar-refractivity contribution in [3.63, 3.8) is 0 Å². The molecule has 0 atom stereocenters. The van der Waals surface area contributed by atoms with Gasteiger partial charge < -0.3 is 14.9 Å². The van der Waals surface area contributed by atoms with Crippen molar-refractivity contribution < 1.29 is 9.47 Å². The number of hydrogen-bond acceptors (Lipinski definition) is 4. The van der Waals surface area contributed by atoms with Crippen LogP contribution in [-0.2, 0) is 6.54 Å².